The van der Waals surface area contributed by atoms with Gasteiger partial charge in [-0.05, 0) is 50.8 Å². The summed E-state index contributed by atoms with van der Waals surface area (Å²) < 4.78 is 0. The summed E-state index contributed by atoms with van der Waals surface area (Å²) in [7, 11) is 0. The Bertz CT molecular complexity index is 615. The summed E-state index contributed by atoms with van der Waals surface area (Å²) in [6.07, 6.45) is 2.50. The van der Waals surface area contributed by atoms with E-state index in [1.54, 1.807) is 0 Å². The Morgan fingerprint density at radius 1 is 1.00 bits per heavy atom. The van der Waals surface area contributed by atoms with Crippen molar-refractivity contribution in [1.29, 1.82) is 0 Å². The SMILES string of the molecule is Cc1nc(NC2CC2)cc(-c2ccc(C)c(C)c2)n1. The molecule has 1 aliphatic rings. The highest BCUT2D eigenvalue weighted by atomic mass is 15.1. The van der Waals surface area contributed by atoms with Gasteiger partial charge in [0.05, 0.1) is 5.69 Å². The van der Waals surface area contributed by atoms with E-state index in [4.69, 9.17) is 0 Å². The third-order valence-corrected chi connectivity index (χ3v) is 3.57. The van der Waals surface area contributed by atoms with Gasteiger partial charge in [-0.15, -0.1) is 0 Å². The molecule has 0 radical (unpaired) electrons. The van der Waals surface area contributed by atoms with Crippen LogP contribution in [0.5, 0.6) is 0 Å². The molecule has 0 aliphatic heterocycles. The van der Waals surface area contributed by atoms with Crippen LogP contribution in [0, 0.1) is 20.8 Å². The number of nitrogens with one attached hydrogen (secondary N) is 1. The highest BCUT2D eigenvalue weighted by Gasteiger charge is 2.21. The summed E-state index contributed by atoms with van der Waals surface area (Å²) in [5.74, 6) is 1.77. The first-order chi connectivity index (χ1) is 9.11. The van der Waals surface area contributed by atoms with Crippen molar-refractivity contribution >= 4 is 5.82 Å². The van der Waals surface area contributed by atoms with Crippen molar-refractivity contribution in [3.8, 4) is 11.3 Å². The third kappa shape index (κ3) is 2.75. The number of nitrogens with zero attached hydrogens (tertiary/aromatic N) is 2. The van der Waals surface area contributed by atoms with E-state index in [1.807, 2.05) is 6.92 Å². The minimum absolute atomic E-state index is 0.613. The molecule has 0 bridgehead atoms. The van der Waals surface area contributed by atoms with E-state index >= 15 is 0 Å². The molecule has 1 fully saturated rings. The summed E-state index contributed by atoms with van der Waals surface area (Å²) >= 11 is 0. The Balaban J connectivity index is 1.98. The molecule has 98 valence electrons. The summed E-state index contributed by atoms with van der Waals surface area (Å²) in [5.41, 5.74) is 4.77. The Kier molecular flexibility index (Phi) is 2.97. The normalized spacial score (nSPS) is 14.5. The fourth-order valence-corrected chi connectivity index (χ4v) is 2.13. The number of hydrogen-bond acceptors (Lipinski definition) is 3. The van der Waals surface area contributed by atoms with Crippen molar-refractivity contribution in [2.75, 3.05) is 5.32 Å². The van der Waals surface area contributed by atoms with Gasteiger partial charge in [-0.1, -0.05) is 12.1 Å². The Hall–Kier alpha value is -1.90. The van der Waals surface area contributed by atoms with Crippen LogP contribution in [0.15, 0.2) is 24.3 Å². The van der Waals surface area contributed by atoms with Crippen molar-refractivity contribution in [3.05, 3.63) is 41.2 Å². The zero-order valence-electron chi connectivity index (χ0n) is 11.7. The summed E-state index contributed by atoms with van der Waals surface area (Å²) in [6, 6.07) is 9.14. The van der Waals surface area contributed by atoms with Gasteiger partial charge in [-0.2, -0.15) is 0 Å². The number of hydrogen-bond donors (Lipinski definition) is 1. The maximum Gasteiger partial charge on any atom is 0.130 e. The van der Waals surface area contributed by atoms with E-state index in [1.165, 1.54) is 24.0 Å². The number of aromatic nitrogens is 2. The van der Waals surface area contributed by atoms with Crippen LogP contribution in [0.25, 0.3) is 11.3 Å². The molecule has 3 nitrogen and oxygen atoms in total. The molecule has 19 heavy (non-hydrogen) atoms. The van der Waals surface area contributed by atoms with Crippen molar-refractivity contribution in [3.63, 3.8) is 0 Å². The standard InChI is InChI=1S/C16H19N3/c1-10-4-5-13(8-11(10)2)15-9-16(18-12(3)17-15)19-14-6-7-14/h4-5,8-9,14H,6-7H2,1-3H3,(H,17,18,19). The molecule has 1 N–H and O–H groups in total. The molecule has 0 spiro atoms. The molecule has 1 aliphatic carbocycles. The predicted octanol–water partition coefficient (Wildman–Crippen LogP) is 3.64. The van der Waals surface area contributed by atoms with Crippen LogP contribution in [0.4, 0.5) is 5.82 Å². The van der Waals surface area contributed by atoms with Gasteiger partial charge in [-0.3, -0.25) is 0 Å². The van der Waals surface area contributed by atoms with Crippen molar-refractivity contribution in [2.45, 2.75) is 39.7 Å². The van der Waals surface area contributed by atoms with Gasteiger partial charge >= 0.3 is 0 Å². The monoisotopic (exact) mass is 253 g/mol. The molecule has 3 heteroatoms. The highest BCUT2D eigenvalue weighted by Crippen LogP contribution is 2.26. The molecule has 0 unspecified atom stereocenters. The van der Waals surface area contributed by atoms with Crippen molar-refractivity contribution in [2.24, 2.45) is 0 Å². The molecule has 1 saturated carbocycles. The smallest absolute Gasteiger partial charge is 0.130 e. The largest absolute Gasteiger partial charge is 0.367 e. The lowest BCUT2D eigenvalue weighted by Crippen LogP contribution is -2.05. The van der Waals surface area contributed by atoms with E-state index in [0.717, 1.165) is 22.9 Å². The van der Waals surface area contributed by atoms with Gasteiger partial charge in [0.25, 0.3) is 0 Å². The average molecular weight is 253 g/mol. The lowest BCUT2D eigenvalue weighted by atomic mass is 10.0. The first-order valence-corrected chi connectivity index (χ1v) is 6.81. The quantitative estimate of drug-likeness (QED) is 0.907. The van der Waals surface area contributed by atoms with Crippen LogP contribution in [0.3, 0.4) is 0 Å². The van der Waals surface area contributed by atoms with Crippen LogP contribution in [0.1, 0.15) is 29.8 Å². The van der Waals surface area contributed by atoms with Crippen molar-refractivity contribution < 1.29 is 0 Å². The van der Waals surface area contributed by atoms with Crippen LogP contribution in [0.2, 0.25) is 0 Å². The predicted molar refractivity (Wildman–Crippen MR) is 78.3 cm³/mol. The van der Waals surface area contributed by atoms with E-state index in [9.17, 15) is 0 Å². The maximum atomic E-state index is 4.55. The zero-order valence-corrected chi connectivity index (χ0v) is 11.7. The first-order valence-electron chi connectivity index (χ1n) is 6.81. The second-order valence-corrected chi connectivity index (χ2v) is 5.40. The minimum Gasteiger partial charge on any atom is -0.367 e. The van der Waals surface area contributed by atoms with Crippen LogP contribution < -0.4 is 5.32 Å². The van der Waals surface area contributed by atoms with Gasteiger partial charge in [0.1, 0.15) is 11.6 Å². The minimum atomic E-state index is 0.613. The van der Waals surface area contributed by atoms with Crippen LogP contribution in [-0.2, 0) is 0 Å². The molecule has 1 aromatic carbocycles. The molecule has 0 saturated heterocycles. The topological polar surface area (TPSA) is 37.8 Å². The fourth-order valence-electron chi connectivity index (χ4n) is 2.13. The molecule has 0 amide bonds. The van der Waals surface area contributed by atoms with Crippen LogP contribution in [-0.4, -0.2) is 16.0 Å². The molecular formula is C16H19N3. The molecule has 1 heterocycles. The average Bonchev–Trinajstić information content (AvgIpc) is 3.16. The van der Waals surface area contributed by atoms with Gasteiger partial charge in [-0.25, -0.2) is 9.97 Å². The van der Waals surface area contributed by atoms with E-state index < -0.39 is 0 Å². The van der Waals surface area contributed by atoms with E-state index in [-0.39, 0.29) is 0 Å². The molecule has 1 aromatic heterocycles. The fraction of sp³-hybridized carbons (Fsp3) is 0.375. The van der Waals surface area contributed by atoms with E-state index in [0.29, 0.717) is 6.04 Å². The summed E-state index contributed by atoms with van der Waals surface area (Å²) in [6.45, 7) is 6.21. The lowest BCUT2D eigenvalue weighted by Gasteiger charge is -2.09. The van der Waals surface area contributed by atoms with Crippen LogP contribution >= 0.6 is 0 Å². The molecule has 2 aromatic rings. The van der Waals surface area contributed by atoms with Gasteiger partial charge in [0, 0.05) is 17.7 Å². The molecule has 3 rings (SSSR count). The Labute approximate surface area is 114 Å². The lowest BCUT2D eigenvalue weighted by molar-refractivity contribution is 1.02. The summed E-state index contributed by atoms with van der Waals surface area (Å²) in [5, 5.41) is 3.44. The summed E-state index contributed by atoms with van der Waals surface area (Å²) in [4.78, 5) is 9.01. The molecular weight excluding hydrogens is 234 g/mol. The second-order valence-electron chi connectivity index (χ2n) is 5.40. The van der Waals surface area contributed by atoms with E-state index in [2.05, 4.69) is 53.4 Å². The van der Waals surface area contributed by atoms with Gasteiger partial charge in [0.2, 0.25) is 0 Å². The highest BCUT2D eigenvalue weighted by molar-refractivity contribution is 5.64. The second kappa shape index (κ2) is 4.65. The van der Waals surface area contributed by atoms with Crippen molar-refractivity contribution in [1.82, 2.24) is 9.97 Å². The van der Waals surface area contributed by atoms with Gasteiger partial charge in [0.15, 0.2) is 0 Å². The Morgan fingerprint density at radius 3 is 2.47 bits per heavy atom. The molecule has 0 atom stereocenters. The number of benzene rings is 1. The first kappa shape index (κ1) is 12.2. The number of aryl methyl sites for hydroxylation is 3. The number of anilines is 1. The number of rotatable bonds is 3. The Morgan fingerprint density at radius 2 is 1.79 bits per heavy atom. The zero-order chi connectivity index (χ0) is 13.4. The van der Waals surface area contributed by atoms with Gasteiger partial charge < -0.3 is 5.32 Å². The third-order valence-electron chi connectivity index (χ3n) is 3.57. The maximum absolute atomic E-state index is 4.55.